The lowest BCUT2D eigenvalue weighted by atomic mass is 10.1. The molecule has 1 saturated heterocycles. The van der Waals surface area contributed by atoms with Gasteiger partial charge in [0.1, 0.15) is 0 Å². The van der Waals surface area contributed by atoms with Crippen LogP contribution >= 0.6 is 0 Å². The highest BCUT2D eigenvalue weighted by molar-refractivity contribution is 6.43. The van der Waals surface area contributed by atoms with Crippen LogP contribution in [-0.2, 0) is 17.5 Å². The van der Waals surface area contributed by atoms with Gasteiger partial charge in [0.15, 0.2) is 0 Å². The number of Topliss-reactive ketones (excluding diaryl/α,β-unsaturated/α-hetero) is 1. The van der Waals surface area contributed by atoms with Crippen LogP contribution < -0.4 is 10.2 Å². The number of rotatable bonds is 6. The van der Waals surface area contributed by atoms with Crippen LogP contribution in [0, 0.1) is 13.8 Å². The lowest BCUT2D eigenvalue weighted by Crippen LogP contribution is -2.31. The monoisotopic (exact) mass is 470 g/mol. The Hall–Kier alpha value is -3.62. The normalized spacial score (nSPS) is 13.9. The van der Waals surface area contributed by atoms with Crippen molar-refractivity contribution in [2.45, 2.75) is 39.4 Å². The fourth-order valence-corrected chi connectivity index (χ4v) is 4.21. The minimum Gasteiger partial charge on any atom is -0.372 e. The number of benzene rings is 2. The Bertz CT molecular complexity index is 1210. The van der Waals surface area contributed by atoms with Gasteiger partial charge in [-0.2, -0.15) is 18.3 Å². The Balaban J connectivity index is 1.47. The molecule has 9 heteroatoms. The highest BCUT2D eigenvalue weighted by atomic mass is 19.4. The molecule has 0 unspecified atom stereocenters. The fourth-order valence-electron chi connectivity index (χ4n) is 4.21. The highest BCUT2D eigenvalue weighted by Gasteiger charge is 2.31. The Kier molecular flexibility index (Phi) is 6.45. The van der Waals surface area contributed by atoms with Gasteiger partial charge in [0, 0.05) is 25.3 Å². The maximum Gasteiger partial charge on any atom is 0.416 e. The smallest absolute Gasteiger partial charge is 0.372 e. The third-order valence-corrected chi connectivity index (χ3v) is 6.00. The standard InChI is InChI=1S/C25H25F3N4O2/c1-16-22(17(2)32(30-16)21-7-5-6-19(14-21)25(26,27)28)23(33)24(34)29-15-18-8-10-20(11-9-18)31-12-3-4-13-31/h5-11,14H,3-4,12-13,15H2,1-2H3,(H,29,34). The molecule has 0 saturated carbocycles. The van der Waals surface area contributed by atoms with Gasteiger partial charge in [0.25, 0.3) is 11.7 Å². The van der Waals surface area contributed by atoms with Gasteiger partial charge in [-0.15, -0.1) is 0 Å². The number of ketones is 1. The van der Waals surface area contributed by atoms with Gasteiger partial charge in [-0.25, -0.2) is 4.68 Å². The van der Waals surface area contributed by atoms with Crippen LogP contribution in [-0.4, -0.2) is 34.6 Å². The van der Waals surface area contributed by atoms with E-state index in [0.717, 1.165) is 36.5 Å². The van der Waals surface area contributed by atoms with Crippen molar-refractivity contribution in [3.05, 3.63) is 76.6 Å². The first kappa shape index (κ1) is 23.5. The van der Waals surface area contributed by atoms with Gasteiger partial charge < -0.3 is 10.2 Å². The quantitative estimate of drug-likeness (QED) is 0.422. The first-order valence-electron chi connectivity index (χ1n) is 11.1. The van der Waals surface area contributed by atoms with Crippen LogP contribution in [0.15, 0.2) is 48.5 Å². The van der Waals surface area contributed by atoms with Crippen molar-refractivity contribution in [2.24, 2.45) is 0 Å². The van der Waals surface area contributed by atoms with Crippen molar-refractivity contribution in [3.63, 3.8) is 0 Å². The summed E-state index contributed by atoms with van der Waals surface area (Å²) in [5.74, 6) is -1.57. The molecule has 1 aliphatic heterocycles. The minimum absolute atomic E-state index is 0.0827. The van der Waals surface area contributed by atoms with Crippen molar-refractivity contribution in [3.8, 4) is 5.69 Å². The maximum absolute atomic E-state index is 13.1. The molecular formula is C25H25F3N4O2. The summed E-state index contributed by atoms with van der Waals surface area (Å²) in [4.78, 5) is 27.7. The predicted molar refractivity (Wildman–Crippen MR) is 122 cm³/mol. The van der Waals surface area contributed by atoms with E-state index in [-0.39, 0.29) is 23.5 Å². The Morgan fingerprint density at radius 3 is 2.32 bits per heavy atom. The molecule has 2 heterocycles. The van der Waals surface area contributed by atoms with E-state index in [0.29, 0.717) is 5.69 Å². The summed E-state index contributed by atoms with van der Waals surface area (Å²) in [6.45, 7) is 5.37. The van der Waals surface area contributed by atoms with E-state index in [9.17, 15) is 22.8 Å². The molecule has 0 atom stereocenters. The van der Waals surface area contributed by atoms with E-state index in [2.05, 4.69) is 15.3 Å². The lowest BCUT2D eigenvalue weighted by molar-refractivity contribution is -0.137. The zero-order valence-electron chi connectivity index (χ0n) is 18.9. The van der Waals surface area contributed by atoms with E-state index < -0.39 is 23.4 Å². The number of nitrogens with zero attached hydrogens (tertiary/aromatic N) is 3. The summed E-state index contributed by atoms with van der Waals surface area (Å²) in [6.07, 6.45) is -2.14. The van der Waals surface area contributed by atoms with E-state index in [1.807, 2.05) is 24.3 Å². The second-order valence-corrected chi connectivity index (χ2v) is 8.38. The summed E-state index contributed by atoms with van der Waals surface area (Å²) < 4.78 is 40.5. The van der Waals surface area contributed by atoms with Gasteiger partial charge in [-0.3, -0.25) is 9.59 Å². The molecule has 0 spiro atoms. The number of carbonyl (C=O) groups is 2. The van der Waals surface area contributed by atoms with Crippen molar-refractivity contribution in [2.75, 3.05) is 18.0 Å². The average Bonchev–Trinajstić information content (AvgIpc) is 3.45. The molecule has 178 valence electrons. The number of alkyl halides is 3. The molecule has 0 radical (unpaired) electrons. The summed E-state index contributed by atoms with van der Waals surface area (Å²) in [5, 5.41) is 6.85. The number of halogens is 3. The molecule has 2 aromatic carbocycles. The molecule has 0 aliphatic carbocycles. The first-order chi connectivity index (χ1) is 16.1. The summed E-state index contributed by atoms with van der Waals surface area (Å²) in [6, 6.07) is 12.5. The number of anilines is 1. The van der Waals surface area contributed by atoms with Gasteiger partial charge in [0.05, 0.1) is 28.2 Å². The molecule has 1 aliphatic rings. The highest BCUT2D eigenvalue weighted by Crippen LogP contribution is 2.31. The number of amides is 1. The Morgan fingerprint density at radius 1 is 1.00 bits per heavy atom. The molecule has 3 aromatic rings. The van der Waals surface area contributed by atoms with E-state index >= 15 is 0 Å². The third-order valence-electron chi connectivity index (χ3n) is 6.00. The molecule has 6 nitrogen and oxygen atoms in total. The van der Waals surface area contributed by atoms with Crippen LogP contribution in [0.25, 0.3) is 5.69 Å². The van der Waals surface area contributed by atoms with Gasteiger partial charge in [0.2, 0.25) is 0 Å². The number of aryl methyl sites for hydroxylation is 1. The van der Waals surface area contributed by atoms with Crippen LogP contribution in [0.1, 0.15) is 45.7 Å². The lowest BCUT2D eigenvalue weighted by Gasteiger charge is -2.17. The summed E-state index contributed by atoms with van der Waals surface area (Å²) in [7, 11) is 0. The summed E-state index contributed by atoms with van der Waals surface area (Å²) >= 11 is 0. The number of aromatic nitrogens is 2. The predicted octanol–water partition coefficient (Wildman–Crippen LogP) is 4.61. The van der Waals surface area contributed by atoms with Crippen LogP contribution in [0.2, 0.25) is 0 Å². The molecule has 1 amide bonds. The van der Waals surface area contributed by atoms with Crippen LogP contribution in [0.4, 0.5) is 18.9 Å². The van der Waals surface area contributed by atoms with Crippen molar-refractivity contribution in [1.29, 1.82) is 0 Å². The SMILES string of the molecule is Cc1nn(-c2cccc(C(F)(F)F)c2)c(C)c1C(=O)C(=O)NCc1ccc(N2CCCC2)cc1. The van der Waals surface area contributed by atoms with E-state index in [4.69, 9.17) is 0 Å². The second-order valence-electron chi connectivity index (χ2n) is 8.38. The average molecular weight is 470 g/mol. The van der Waals surface area contributed by atoms with Gasteiger partial charge in [-0.1, -0.05) is 18.2 Å². The zero-order chi connectivity index (χ0) is 24.5. The molecule has 34 heavy (non-hydrogen) atoms. The van der Waals surface area contributed by atoms with Crippen LogP contribution in [0.5, 0.6) is 0 Å². The van der Waals surface area contributed by atoms with E-state index in [1.54, 1.807) is 13.8 Å². The van der Waals surface area contributed by atoms with Crippen LogP contribution in [0.3, 0.4) is 0 Å². The van der Waals surface area contributed by atoms with E-state index in [1.165, 1.54) is 29.7 Å². The number of hydrogen-bond acceptors (Lipinski definition) is 4. The Morgan fingerprint density at radius 2 is 1.68 bits per heavy atom. The summed E-state index contributed by atoms with van der Waals surface area (Å²) in [5.41, 5.74) is 1.98. The molecular weight excluding hydrogens is 445 g/mol. The number of hydrogen-bond donors (Lipinski definition) is 1. The molecule has 1 aromatic heterocycles. The van der Waals surface area contributed by atoms with Gasteiger partial charge in [-0.05, 0) is 62.6 Å². The fraction of sp³-hybridized carbons (Fsp3) is 0.320. The maximum atomic E-state index is 13.1. The second kappa shape index (κ2) is 9.32. The minimum atomic E-state index is -4.50. The van der Waals surface area contributed by atoms with Crippen molar-refractivity contribution < 1.29 is 22.8 Å². The van der Waals surface area contributed by atoms with Gasteiger partial charge >= 0.3 is 6.18 Å². The van der Waals surface area contributed by atoms with Crippen molar-refractivity contribution >= 4 is 17.4 Å². The molecule has 4 rings (SSSR count). The molecule has 1 fully saturated rings. The Labute approximate surface area is 195 Å². The largest absolute Gasteiger partial charge is 0.416 e. The molecule has 1 N–H and O–H groups in total. The first-order valence-corrected chi connectivity index (χ1v) is 11.1. The zero-order valence-corrected chi connectivity index (χ0v) is 18.9. The third kappa shape index (κ3) is 4.83. The topological polar surface area (TPSA) is 67.2 Å². The number of carbonyl (C=O) groups excluding carboxylic acids is 2. The number of nitrogens with one attached hydrogen (secondary N) is 1. The van der Waals surface area contributed by atoms with Crippen molar-refractivity contribution in [1.82, 2.24) is 15.1 Å². The molecule has 0 bridgehead atoms.